The van der Waals surface area contributed by atoms with Crippen LogP contribution in [-0.4, -0.2) is 69.4 Å². The van der Waals surface area contributed by atoms with Crippen LogP contribution in [0.15, 0.2) is 85.1 Å². The summed E-state index contributed by atoms with van der Waals surface area (Å²) >= 11 is 0. The van der Waals surface area contributed by atoms with E-state index in [2.05, 4.69) is 99.0 Å². The summed E-state index contributed by atoms with van der Waals surface area (Å²) in [5.74, 6) is -0.541. The molecule has 10 heteroatoms. The van der Waals surface area contributed by atoms with Crippen molar-refractivity contribution < 1.29 is 37.3 Å². The van der Waals surface area contributed by atoms with Gasteiger partial charge in [-0.15, -0.1) is 0 Å². The summed E-state index contributed by atoms with van der Waals surface area (Å²) in [6.45, 7) is 6.76. The summed E-state index contributed by atoms with van der Waals surface area (Å²) in [5, 5.41) is 3.04. The lowest BCUT2D eigenvalue weighted by atomic mass is 10.0. The van der Waals surface area contributed by atoms with Crippen molar-refractivity contribution in [1.29, 1.82) is 0 Å². The predicted octanol–water partition coefficient (Wildman–Crippen LogP) is 22.3. The third kappa shape index (κ3) is 65.5. The molecule has 0 aromatic carbocycles. The van der Waals surface area contributed by atoms with Crippen molar-refractivity contribution in [1.82, 2.24) is 5.32 Å². The monoisotopic (exact) mass is 1210 g/mol. The molecule has 1 amide bonds. The second-order valence-corrected chi connectivity index (χ2v) is 26.8. The molecular formula is C75H137N2O7P. The van der Waals surface area contributed by atoms with Gasteiger partial charge in [-0.3, -0.25) is 14.2 Å². The van der Waals surface area contributed by atoms with E-state index in [-0.39, 0.29) is 24.9 Å². The zero-order valence-electron chi connectivity index (χ0n) is 56.6. The number of esters is 1. The number of ether oxygens (including phenoxy) is 1. The smallest absolute Gasteiger partial charge is 0.306 e. The molecule has 0 fully saturated rings. The third-order valence-electron chi connectivity index (χ3n) is 15.8. The number of phosphoric ester groups is 1. The molecular weight excluding hydrogens is 1070 g/mol. The average molecular weight is 1210 g/mol. The maximum Gasteiger partial charge on any atom is 0.306 e. The van der Waals surface area contributed by atoms with Crippen molar-refractivity contribution in [3.05, 3.63) is 85.1 Å². The van der Waals surface area contributed by atoms with Crippen molar-refractivity contribution in [3.63, 3.8) is 0 Å². The molecule has 9 nitrogen and oxygen atoms in total. The Morgan fingerprint density at radius 1 is 0.424 bits per heavy atom. The summed E-state index contributed by atoms with van der Waals surface area (Å²) in [6.07, 6.45) is 85.7. The first-order chi connectivity index (χ1) is 41.4. The van der Waals surface area contributed by atoms with Crippen molar-refractivity contribution in [2.45, 2.75) is 341 Å². The minimum Gasteiger partial charge on any atom is -0.756 e. The van der Waals surface area contributed by atoms with Gasteiger partial charge in [0.05, 0.1) is 33.8 Å². The number of phosphoric acid groups is 1. The summed E-state index contributed by atoms with van der Waals surface area (Å²) in [5.41, 5.74) is 0. The fraction of sp³-hybridized carbons (Fsp3) is 0.787. The maximum absolute atomic E-state index is 13.6. The summed E-state index contributed by atoms with van der Waals surface area (Å²) in [6, 6.07) is -0.894. The Balaban J connectivity index is 5.02. The Hall–Kier alpha value is -2.81. The molecule has 85 heavy (non-hydrogen) atoms. The number of hydrogen-bond acceptors (Lipinski definition) is 7. The molecule has 0 aliphatic rings. The van der Waals surface area contributed by atoms with Crippen LogP contribution in [0.1, 0.15) is 329 Å². The van der Waals surface area contributed by atoms with Gasteiger partial charge in [0, 0.05) is 12.8 Å². The molecule has 0 aromatic rings. The molecule has 0 bridgehead atoms. The van der Waals surface area contributed by atoms with Crippen LogP contribution in [0, 0.1) is 0 Å². The first kappa shape index (κ1) is 82.2. The van der Waals surface area contributed by atoms with E-state index >= 15 is 0 Å². The van der Waals surface area contributed by atoms with Gasteiger partial charge in [-0.05, 0) is 83.1 Å². The largest absolute Gasteiger partial charge is 0.756 e. The van der Waals surface area contributed by atoms with Crippen LogP contribution in [-0.2, 0) is 27.9 Å². The van der Waals surface area contributed by atoms with Crippen LogP contribution in [0.5, 0.6) is 0 Å². The van der Waals surface area contributed by atoms with Crippen LogP contribution >= 0.6 is 7.82 Å². The lowest BCUT2D eigenvalue weighted by Gasteiger charge is -2.30. The van der Waals surface area contributed by atoms with Crippen LogP contribution in [0.3, 0.4) is 0 Å². The predicted molar refractivity (Wildman–Crippen MR) is 367 cm³/mol. The van der Waals surface area contributed by atoms with Crippen LogP contribution < -0.4 is 10.2 Å². The molecule has 0 rings (SSSR count). The molecule has 0 saturated heterocycles. The standard InChI is InChI=1S/C75H137N2O7P/c1-7-10-13-16-19-22-25-27-29-31-33-35-36-37-38-39-40-42-44-46-48-50-53-56-59-62-65-68-75(79)84-73(66-63-60-57-54-51-24-21-18-15-12-9-3)72(71-83-85(80,81)82-70-69-77(4,5)6)76-74(78)67-64-61-58-55-52-49-47-45-43-41-34-32-30-28-26-23-20-17-14-11-8-2/h10,13,19,22,27,29,33,35,37-38,40,42,63,66,72-73H,7-9,11-12,14-18,20-21,23-26,28,30-32,34,36,39,41,43-62,64-65,67-71H2,1-6H3,(H-,76,78,80,81)/b13-10-,22-19-,29-27-,35-33-,38-37-,42-40-,66-63+. The Morgan fingerprint density at radius 3 is 1.13 bits per heavy atom. The number of hydrogen-bond donors (Lipinski definition) is 1. The first-order valence-corrected chi connectivity index (χ1v) is 37.4. The molecule has 0 radical (unpaired) electrons. The van der Waals surface area contributed by atoms with Crippen molar-refractivity contribution >= 4 is 19.7 Å². The Bertz CT molecular complexity index is 1730. The van der Waals surface area contributed by atoms with Gasteiger partial charge >= 0.3 is 5.97 Å². The van der Waals surface area contributed by atoms with E-state index in [0.29, 0.717) is 17.4 Å². The number of allylic oxidation sites excluding steroid dienone is 13. The van der Waals surface area contributed by atoms with E-state index in [1.807, 2.05) is 33.3 Å². The fourth-order valence-corrected chi connectivity index (χ4v) is 11.1. The molecule has 0 aliphatic heterocycles. The van der Waals surface area contributed by atoms with Crippen molar-refractivity contribution in [2.75, 3.05) is 40.9 Å². The van der Waals surface area contributed by atoms with Gasteiger partial charge in [0.1, 0.15) is 19.3 Å². The van der Waals surface area contributed by atoms with Gasteiger partial charge in [-0.1, -0.05) is 318 Å². The second kappa shape index (κ2) is 64.2. The number of unbranched alkanes of at least 4 members (excludes halogenated alkanes) is 37. The molecule has 494 valence electrons. The van der Waals surface area contributed by atoms with E-state index in [9.17, 15) is 19.0 Å². The van der Waals surface area contributed by atoms with E-state index in [4.69, 9.17) is 13.8 Å². The SMILES string of the molecule is CC/C=C\C/C=C\C/C=C\C/C=C\C/C=C\C/C=C\CCCCCCCCCCC(=O)OC(/C=C/CCCCCCCCCCC)C(COP(=O)([O-])OCC[N+](C)(C)C)NC(=O)CCCCCCCCCCCCCCCCCCCCCCC. The molecule has 0 saturated carbocycles. The lowest BCUT2D eigenvalue weighted by molar-refractivity contribution is -0.870. The van der Waals surface area contributed by atoms with Crippen LogP contribution in [0.2, 0.25) is 0 Å². The van der Waals surface area contributed by atoms with Crippen LogP contribution in [0.25, 0.3) is 0 Å². The quantitative estimate of drug-likeness (QED) is 0.0212. The van der Waals surface area contributed by atoms with Gasteiger partial charge < -0.3 is 28.5 Å². The van der Waals surface area contributed by atoms with Crippen LogP contribution in [0.4, 0.5) is 0 Å². The molecule has 0 aliphatic carbocycles. The Labute approximate surface area is 526 Å². The maximum atomic E-state index is 13.6. The van der Waals surface area contributed by atoms with E-state index in [0.717, 1.165) is 109 Å². The number of quaternary nitrogens is 1. The summed E-state index contributed by atoms with van der Waals surface area (Å²) in [4.78, 5) is 40.2. The highest BCUT2D eigenvalue weighted by Crippen LogP contribution is 2.38. The average Bonchev–Trinajstić information content (AvgIpc) is 3.59. The number of likely N-dealkylation sites (N-methyl/N-ethyl adjacent to an activating group) is 1. The number of amides is 1. The van der Waals surface area contributed by atoms with Gasteiger partial charge in [-0.25, -0.2) is 0 Å². The molecule has 3 unspecified atom stereocenters. The Kier molecular flexibility index (Phi) is 62.1. The zero-order valence-corrected chi connectivity index (χ0v) is 57.4. The zero-order chi connectivity index (χ0) is 62.1. The molecule has 0 spiro atoms. The highest BCUT2D eigenvalue weighted by atomic mass is 31.2. The fourth-order valence-electron chi connectivity index (χ4n) is 10.4. The van der Waals surface area contributed by atoms with E-state index in [1.54, 1.807) is 0 Å². The van der Waals surface area contributed by atoms with E-state index < -0.39 is 26.6 Å². The third-order valence-corrected chi connectivity index (χ3v) is 16.8. The first-order valence-electron chi connectivity index (χ1n) is 35.9. The topological polar surface area (TPSA) is 114 Å². The molecule has 0 aromatic heterocycles. The minimum atomic E-state index is -4.71. The summed E-state index contributed by atoms with van der Waals surface area (Å²) < 4.78 is 30.4. The van der Waals surface area contributed by atoms with Gasteiger partial charge in [0.15, 0.2) is 0 Å². The highest BCUT2D eigenvalue weighted by molar-refractivity contribution is 7.45. The van der Waals surface area contributed by atoms with Gasteiger partial charge in [0.2, 0.25) is 5.91 Å². The summed E-state index contributed by atoms with van der Waals surface area (Å²) in [7, 11) is 1.18. The van der Waals surface area contributed by atoms with Crippen molar-refractivity contribution in [3.8, 4) is 0 Å². The number of carbonyl (C=O) groups is 2. The van der Waals surface area contributed by atoms with Gasteiger partial charge in [-0.2, -0.15) is 0 Å². The van der Waals surface area contributed by atoms with Crippen molar-refractivity contribution in [2.24, 2.45) is 0 Å². The highest BCUT2D eigenvalue weighted by Gasteiger charge is 2.27. The molecule has 0 heterocycles. The van der Waals surface area contributed by atoms with Gasteiger partial charge in [0.25, 0.3) is 7.82 Å². The van der Waals surface area contributed by atoms with E-state index in [1.165, 1.54) is 186 Å². The number of rotatable bonds is 65. The number of nitrogens with one attached hydrogen (secondary N) is 1. The normalized spacial score (nSPS) is 14.0. The molecule has 3 atom stereocenters. The minimum absolute atomic E-state index is 0.0249. The number of nitrogens with zero attached hydrogens (tertiary/aromatic N) is 1. The lowest BCUT2D eigenvalue weighted by Crippen LogP contribution is -2.47. The molecule has 1 N–H and O–H groups in total. The Morgan fingerprint density at radius 2 is 0.753 bits per heavy atom. The second-order valence-electron chi connectivity index (χ2n) is 25.4. The number of carbonyl (C=O) groups excluding carboxylic acids is 2.